The topological polar surface area (TPSA) is 403 Å². The van der Waals surface area contributed by atoms with Crippen molar-refractivity contribution < 1.29 is 101 Å². The third-order valence-corrected chi connectivity index (χ3v) is 18.5. The number of ether oxygens (including phenoxy) is 7. The molecular formula is C97H134N8O21. The molecule has 6 aromatic carbocycles. The van der Waals surface area contributed by atoms with E-state index < -0.39 is 120 Å². The molecule has 0 unspecified atom stereocenters. The molecule has 0 bridgehead atoms. The van der Waals surface area contributed by atoms with Crippen LogP contribution in [0.15, 0.2) is 170 Å². The third kappa shape index (κ3) is 48.2. The molecule has 0 aliphatic carbocycles. The lowest BCUT2D eigenvalue weighted by atomic mass is 9.96. The maximum atomic E-state index is 13.5. The van der Waals surface area contributed by atoms with E-state index in [2.05, 4.69) is 70.2 Å². The molecule has 0 fully saturated rings. The standard InChI is InChI=1S/C46H62N4O9.C35H51N3O6.C16H21NO6/c1-32(2)27-34-22-24-37(25-23-34)33(3)42(53)48-29-39(43(54)47-26-16-8-7-15-21-41(52)57-30-35-17-11-9-12-18-35)49-40(51)28-38(44(55)59-46(4,5)6)50-45(56)58-31-36-19-13-10-14-20-36;1-25(2)22-27-17-19-29(20-18-27)26(3)32(40)37-23-30(38-34(42)44-35(4,5)6)33(41)36-21-13-8-7-12-16-31(39)43-24-28-14-10-9-11-15-28;1-16(2,3)23-14(20)12(9-13(18)19)17-15(21)22-10-11-7-5-4-6-8-11/h9-14,17-20,22-25,32-33,38-39H,7-8,15-16,21,26-31H2,1-6H3,(H,47,54)(H,48,53)(H,49,51)(H,50,56);9-11,14-15,17-20,25-26,30H,7-8,12-13,16,21-24H2,1-6H3,(H,36,41)(H,37,40)(H,38,42);4-8,12H,9-10H2,1-3H3,(H,17,21)(H,18,19)/t33-,38-,39+;26-,30+;12-/m001/s1. The van der Waals surface area contributed by atoms with Crippen molar-refractivity contribution in [2.45, 2.75) is 273 Å². The van der Waals surface area contributed by atoms with E-state index >= 15 is 0 Å². The number of carbonyl (C=O) groups is 13. The second-order valence-electron chi connectivity index (χ2n) is 34.5. The van der Waals surface area contributed by atoms with E-state index in [0.29, 0.717) is 50.5 Å². The Morgan fingerprint density at radius 2 is 0.627 bits per heavy atom. The van der Waals surface area contributed by atoms with E-state index in [1.54, 1.807) is 118 Å². The number of hydrogen-bond acceptors (Lipinski definition) is 20. The van der Waals surface area contributed by atoms with Crippen LogP contribution in [-0.2, 0) is 120 Å². The Balaban J connectivity index is 0.000000434. The van der Waals surface area contributed by atoms with Crippen molar-refractivity contribution >= 4 is 77.7 Å². The van der Waals surface area contributed by atoms with Crippen LogP contribution in [0.1, 0.15) is 237 Å². The van der Waals surface area contributed by atoms with E-state index in [1.807, 2.05) is 128 Å². The minimum Gasteiger partial charge on any atom is -0.481 e. The first-order valence-corrected chi connectivity index (χ1v) is 43.2. The van der Waals surface area contributed by atoms with Gasteiger partial charge in [-0.2, -0.15) is 0 Å². The highest BCUT2D eigenvalue weighted by Gasteiger charge is 2.34. The van der Waals surface area contributed by atoms with Crippen LogP contribution >= 0.6 is 0 Å². The molecule has 126 heavy (non-hydrogen) atoms. The van der Waals surface area contributed by atoms with Crippen molar-refractivity contribution in [3.05, 3.63) is 214 Å². The molecule has 0 saturated heterocycles. The van der Waals surface area contributed by atoms with Gasteiger partial charge in [0.1, 0.15) is 67.4 Å². The maximum absolute atomic E-state index is 13.5. The molecule has 6 aromatic rings. The first-order chi connectivity index (χ1) is 59.6. The number of aliphatic carboxylic acids is 1. The molecule has 688 valence electrons. The van der Waals surface area contributed by atoms with Crippen LogP contribution in [0.3, 0.4) is 0 Å². The first kappa shape index (κ1) is 106. The quantitative estimate of drug-likeness (QED) is 0.00973. The predicted molar refractivity (Wildman–Crippen MR) is 478 cm³/mol. The Bertz CT molecular complexity index is 4320. The highest BCUT2D eigenvalue weighted by atomic mass is 16.6. The van der Waals surface area contributed by atoms with Gasteiger partial charge >= 0.3 is 48.1 Å². The van der Waals surface area contributed by atoms with E-state index in [-0.39, 0.29) is 76.2 Å². The Morgan fingerprint density at radius 1 is 0.317 bits per heavy atom. The molecule has 0 aliphatic rings. The summed E-state index contributed by atoms with van der Waals surface area (Å²) in [5, 5.41) is 30.0. The average molecular weight is 1750 g/mol. The Hall–Kier alpha value is -12.2. The number of benzene rings is 6. The van der Waals surface area contributed by atoms with Gasteiger partial charge < -0.3 is 80.8 Å². The lowest BCUT2D eigenvalue weighted by Gasteiger charge is -2.25. The minimum absolute atomic E-state index is 0.0147. The molecule has 0 spiro atoms. The van der Waals surface area contributed by atoms with E-state index in [4.69, 9.17) is 38.3 Å². The molecular weight excluding hydrogens is 1610 g/mol. The summed E-state index contributed by atoms with van der Waals surface area (Å²) in [5.41, 5.74) is 4.99. The van der Waals surface area contributed by atoms with Gasteiger partial charge in [-0.05, 0) is 171 Å². The molecule has 9 N–H and O–H groups in total. The van der Waals surface area contributed by atoms with Gasteiger partial charge in [-0.25, -0.2) is 24.0 Å². The molecule has 29 heteroatoms. The van der Waals surface area contributed by atoms with Gasteiger partial charge in [0.15, 0.2) is 0 Å². The van der Waals surface area contributed by atoms with Crippen molar-refractivity contribution in [2.24, 2.45) is 11.8 Å². The molecule has 0 aromatic heterocycles. The minimum atomic E-state index is -1.44. The predicted octanol–water partition coefficient (Wildman–Crippen LogP) is 14.3. The largest absolute Gasteiger partial charge is 0.481 e. The van der Waals surface area contributed by atoms with E-state index in [9.17, 15) is 62.3 Å². The van der Waals surface area contributed by atoms with E-state index in [1.165, 1.54) is 11.1 Å². The molecule has 6 rings (SSSR count). The van der Waals surface area contributed by atoms with Crippen LogP contribution in [0.2, 0.25) is 0 Å². The number of rotatable bonds is 46. The van der Waals surface area contributed by atoms with Crippen LogP contribution in [0.25, 0.3) is 0 Å². The zero-order valence-corrected chi connectivity index (χ0v) is 76.0. The highest BCUT2D eigenvalue weighted by molar-refractivity contribution is 5.93. The normalized spacial score (nSPS) is 12.5. The fraction of sp³-hybridized carbons (Fsp3) is 0.495. The van der Waals surface area contributed by atoms with Gasteiger partial charge in [-0.15, -0.1) is 0 Å². The van der Waals surface area contributed by atoms with Gasteiger partial charge in [0, 0.05) is 39.0 Å². The fourth-order valence-corrected chi connectivity index (χ4v) is 12.1. The number of carboxylic acids is 1. The second-order valence-corrected chi connectivity index (χ2v) is 34.5. The zero-order valence-electron chi connectivity index (χ0n) is 76.0. The molecule has 0 radical (unpaired) electrons. The smallest absolute Gasteiger partial charge is 0.408 e. The number of amides is 8. The van der Waals surface area contributed by atoms with Crippen LogP contribution in [-0.4, -0.2) is 150 Å². The molecule has 6 atom stereocenters. The average Bonchev–Trinajstić information content (AvgIpc) is 0.867. The summed E-state index contributed by atoms with van der Waals surface area (Å²) in [6.45, 7) is 28.1. The molecule has 0 saturated carbocycles. The summed E-state index contributed by atoms with van der Waals surface area (Å²) in [7, 11) is 0. The first-order valence-electron chi connectivity index (χ1n) is 43.2. The summed E-state index contributed by atoms with van der Waals surface area (Å²) in [4.78, 5) is 163. The molecule has 29 nitrogen and oxygen atoms in total. The number of alkyl carbamates (subject to hydrolysis) is 3. The molecule has 8 amide bonds. The van der Waals surface area contributed by atoms with Crippen LogP contribution in [0, 0.1) is 11.8 Å². The number of unbranched alkanes of at least 4 members (excludes halogenated alkanes) is 6. The summed E-state index contributed by atoms with van der Waals surface area (Å²) >= 11 is 0. The van der Waals surface area contributed by atoms with Gasteiger partial charge in [-0.3, -0.25) is 38.4 Å². The van der Waals surface area contributed by atoms with Gasteiger partial charge in [0.25, 0.3) is 0 Å². The lowest BCUT2D eigenvalue weighted by Crippen LogP contribution is -2.54. The number of nitrogens with one attached hydrogen (secondary N) is 8. The van der Waals surface area contributed by atoms with Gasteiger partial charge in [0.2, 0.25) is 29.5 Å². The van der Waals surface area contributed by atoms with Crippen molar-refractivity contribution in [2.75, 3.05) is 26.2 Å². The lowest BCUT2D eigenvalue weighted by molar-refractivity contribution is -0.160. The number of hydrogen-bond donors (Lipinski definition) is 9. The Labute approximate surface area is 742 Å². The summed E-state index contributed by atoms with van der Waals surface area (Å²) in [6, 6.07) is 47.8. The van der Waals surface area contributed by atoms with Gasteiger partial charge in [-0.1, -0.05) is 223 Å². The van der Waals surface area contributed by atoms with E-state index in [0.717, 1.165) is 71.9 Å². The second kappa shape index (κ2) is 56.6. The fourth-order valence-electron chi connectivity index (χ4n) is 12.1. The SMILES string of the molecule is CC(C)(C)OC(=O)[C@@H](CC(=O)O)NC(=O)OCc1ccccc1.CC(C)Cc1ccc([C@H](C)C(=O)NC[C@@H](NC(=O)C[C@H](NC(=O)OCc2ccccc2)C(=O)OC(C)(C)C)C(=O)NCCCCCCC(=O)OCc2ccccc2)cc1.CC(C)Cc1ccc([C@H](C)C(=O)NC[C@@H](NC(=O)OC(C)(C)C)C(=O)NCCCCCCC(=O)OCc2ccccc2)cc1. The van der Waals surface area contributed by atoms with Crippen molar-refractivity contribution in [3.63, 3.8) is 0 Å². The summed E-state index contributed by atoms with van der Waals surface area (Å²) in [6.07, 6.45) is 4.59. The molecule has 0 aliphatic heterocycles. The zero-order chi connectivity index (χ0) is 93.2. The van der Waals surface area contributed by atoms with Crippen molar-refractivity contribution in [1.29, 1.82) is 0 Å². The number of carboxylic acid groups (broad SMARTS) is 1. The molecule has 0 heterocycles. The highest BCUT2D eigenvalue weighted by Crippen LogP contribution is 2.22. The number of carbonyl (C=O) groups excluding carboxylic acids is 12. The van der Waals surface area contributed by atoms with Crippen molar-refractivity contribution in [3.8, 4) is 0 Å². The van der Waals surface area contributed by atoms with Crippen LogP contribution < -0.4 is 42.5 Å². The Kier molecular flexibility index (Phi) is 47.7. The van der Waals surface area contributed by atoms with Crippen molar-refractivity contribution in [1.82, 2.24) is 42.5 Å². The third-order valence-electron chi connectivity index (χ3n) is 18.5. The maximum Gasteiger partial charge on any atom is 0.408 e. The summed E-state index contributed by atoms with van der Waals surface area (Å²) < 4.78 is 36.8. The monoisotopic (exact) mass is 1750 g/mol. The summed E-state index contributed by atoms with van der Waals surface area (Å²) in [5.74, 6) is -5.63. The Morgan fingerprint density at radius 3 is 0.952 bits per heavy atom. The number of esters is 4. The van der Waals surface area contributed by atoms with Gasteiger partial charge in [0.05, 0.1) is 24.7 Å². The van der Waals surface area contributed by atoms with Crippen LogP contribution in [0.4, 0.5) is 14.4 Å². The van der Waals surface area contributed by atoms with Crippen LogP contribution in [0.5, 0.6) is 0 Å².